The Labute approximate surface area is 135 Å². The first-order chi connectivity index (χ1) is 9.52. The Morgan fingerprint density at radius 2 is 2.00 bits per heavy atom. The lowest BCUT2D eigenvalue weighted by molar-refractivity contribution is 0.529. The predicted molar refractivity (Wildman–Crippen MR) is 84.3 cm³/mol. The molecule has 0 radical (unpaired) electrons. The van der Waals surface area contributed by atoms with Crippen LogP contribution in [0.3, 0.4) is 0 Å². The van der Waals surface area contributed by atoms with Gasteiger partial charge in [0.05, 0.1) is 16.1 Å². The molecule has 0 aliphatic carbocycles. The van der Waals surface area contributed by atoms with Gasteiger partial charge in [0.2, 0.25) is 0 Å². The molecule has 2 nitrogen and oxygen atoms in total. The Hall–Kier alpha value is -0.650. The summed E-state index contributed by atoms with van der Waals surface area (Å²) in [5.74, 6) is 5.27. The molecule has 6 heteroatoms. The second kappa shape index (κ2) is 6.87. The summed E-state index contributed by atoms with van der Waals surface area (Å²) in [6.45, 7) is 0. The van der Waals surface area contributed by atoms with Crippen LogP contribution in [0.5, 0.6) is 0 Å². The van der Waals surface area contributed by atoms with Crippen molar-refractivity contribution in [2.75, 3.05) is 0 Å². The molecule has 20 heavy (non-hydrogen) atoms. The van der Waals surface area contributed by atoms with Crippen molar-refractivity contribution in [1.29, 1.82) is 0 Å². The van der Waals surface area contributed by atoms with E-state index in [1.54, 1.807) is 24.3 Å². The van der Waals surface area contributed by atoms with Crippen molar-refractivity contribution in [2.45, 2.75) is 12.5 Å². The van der Waals surface area contributed by atoms with Crippen LogP contribution < -0.4 is 11.3 Å². The van der Waals surface area contributed by atoms with E-state index in [1.165, 1.54) is 6.07 Å². The summed E-state index contributed by atoms with van der Waals surface area (Å²) < 4.78 is 14.6. The topological polar surface area (TPSA) is 38.0 Å². The van der Waals surface area contributed by atoms with Gasteiger partial charge < -0.3 is 0 Å². The van der Waals surface area contributed by atoms with Gasteiger partial charge in [-0.25, -0.2) is 4.39 Å². The van der Waals surface area contributed by atoms with Gasteiger partial charge in [-0.05, 0) is 35.7 Å². The van der Waals surface area contributed by atoms with Gasteiger partial charge in [0.1, 0.15) is 5.82 Å². The highest BCUT2D eigenvalue weighted by molar-refractivity contribution is 9.10. The first-order valence-corrected chi connectivity index (χ1v) is 7.41. The third-order valence-corrected chi connectivity index (χ3v) is 4.32. The number of nitrogens with one attached hydrogen (secondary N) is 1. The number of benzene rings is 2. The van der Waals surface area contributed by atoms with Crippen LogP contribution in [-0.2, 0) is 6.42 Å². The highest BCUT2D eigenvalue weighted by Crippen LogP contribution is 2.31. The molecule has 0 saturated heterocycles. The minimum absolute atomic E-state index is 0.294. The molecule has 0 fully saturated rings. The minimum Gasteiger partial charge on any atom is -0.271 e. The minimum atomic E-state index is -0.322. The molecule has 0 saturated carbocycles. The van der Waals surface area contributed by atoms with Gasteiger partial charge in [-0.2, -0.15) is 0 Å². The third-order valence-electron chi connectivity index (χ3n) is 3.00. The van der Waals surface area contributed by atoms with Crippen LogP contribution in [0.15, 0.2) is 40.9 Å². The van der Waals surface area contributed by atoms with E-state index in [9.17, 15) is 4.39 Å². The molecule has 3 N–H and O–H groups in total. The van der Waals surface area contributed by atoms with Gasteiger partial charge in [0.25, 0.3) is 0 Å². The average Bonchev–Trinajstić information content (AvgIpc) is 2.42. The van der Waals surface area contributed by atoms with Crippen LogP contribution in [-0.4, -0.2) is 0 Å². The summed E-state index contributed by atoms with van der Waals surface area (Å²) in [5.41, 5.74) is 3.94. The maximum Gasteiger partial charge on any atom is 0.127 e. The van der Waals surface area contributed by atoms with Crippen molar-refractivity contribution in [3.63, 3.8) is 0 Å². The van der Waals surface area contributed by atoms with Crippen molar-refractivity contribution in [1.82, 2.24) is 5.43 Å². The van der Waals surface area contributed by atoms with E-state index in [-0.39, 0.29) is 11.9 Å². The number of nitrogens with two attached hydrogens (primary N) is 1. The van der Waals surface area contributed by atoms with Gasteiger partial charge >= 0.3 is 0 Å². The number of hydrazine groups is 1. The molecule has 0 aliphatic heterocycles. The fourth-order valence-corrected chi connectivity index (χ4v) is 2.73. The van der Waals surface area contributed by atoms with E-state index in [0.29, 0.717) is 26.5 Å². The van der Waals surface area contributed by atoms with Crippen LogP contribution in [0, 0.1) is 5.82 Å². The second-order valence-electron chi connectivity index (χ2n) is 4.30. The molecule has 106 valence electrons. The highest BCUT2D eigenvalue weighted by atomic mass is 79.9. The van der Waals surface area contributed by atoms with Gasteiger partial charge in [-0.3, -0.25) is 11.3 Å². The molecule has 2 aromatic carbocycles. The summed E-state index contributed by atoms with van der Waals surface area (Å²) >= 11 is 15.4. The van der Waals surface area contributed by atoms with Gasteiger partial charge in [0.15, 0.2) is 0 Å². The summed E-state index contributed by atoms with van der Waals surface area (Å²) in [6, 6.07) is 9.88. The van der Waals surface area contributed by atoms with Gasteiger partial charge in [-0.15, -0.1) is 0 Å². The first-order valence-electron chi connectivity index (χ1n) is 5.87. The molecule has 2 aromatic rings. The molecule has 0 aliphatic rings. The zero-order valence-corrected chi connectivity index (χ0v) is 13.4. The number of hydrogen-bond acceptors (Lipinski definition) is 2. The molecule has 1 unspecified atom stereocenters. The normalized spacial score (nSPS) is 12.4. The molecular formula is C14H12BrCl2FN2. The molecule has 1 atom stereocenters. The lowest BCUT2D eigenvalue weighted by atomic mass is 9.99. The van der Waals surface area contributed by atoms with Crippen LogP contribution in [0.1, 0.15) is 17.2 Å². The van der Waals surface area contributed by atoms with Gasteiger partial charge in [-0.1, -0.05) is 57.3 Å². The summed E-state index contributed by atoms with van der Waals surface area (Å²) in [4.78, 5) is 0. The van der Waals surface area contributed by atoms with Crippen molar-refractivity contribution < 1.29 is 4.39 Å². The standard InChI is InChI=1S/C14H12BrCl2FN2/c15-9-5-4-8(12(18)7-9)6-13(20-19)10-2-1-3-11(16)14(10)17/h1-5,7,13,20H,6,19H2. The van der Waals surface area contributed by atoms with Crippen molar-refractivity contribution in [3.05, 3.63) is 67.9 Å². The molecule has 0 bridgehead atoms. The van der Waals surface area contributed by atoms with E-state index >= 15 is 0 Å². The SMILES string of the molecule is NNC(Cc1ccc(Br)cc1F)c1cccc(Cl)c1Cl. The lowest BCUT2D eigenvalue weighted by Gasteiger charge is -2.18. The highest BCUT2D eigenvalue weighted by Gasteiger charge is 2.17. The van der Waals surface area contributed by atoms with Crippen LogP contribution >= 0.6 is 39.1 Å². The Balaban J connectivity index is 2.31. The third kappa shape index (κ3) is 3.51. The van der Waals surface area contributed by atoms with Crippen LogP contribution in [0.25, 0.3) is 0 Å². The number of hydrogen-bond donors (Lipinski definition) is 2. The van der Waals surface area contributed by atoms with Crippen molar-refractivity contribution >= 4 is 39.1 Å². The quantitative estimate of drug-likeness (QED) is 0.601. The first kappa shape index (κ1) is 15.7. The number of rotatable bonds is 4. The van der Waals surface area contributed by atoms with Crippen molar-refractivity contribution in [2.24, 2.45) is 5.84 Å². The van der Waals surface area contributed by atoms with Gasteiger partial charge in [0, 0.05) is 4.47 Å². The van der Waals surface area contributed by atoms with E-state index in [2.05, 4.69) is 21.4 Å². The Morgan fingerprint density at radius 1 is 1.25 bits per heavy atom. The Bertz CT molecular complexity index is 622. The maximum atomic E-state index is 13.9. The van der Waals surface area contributed by atoms with E-state index < -0.39 is 0 Å². The number of halogens is 4. The molecule has 2 rings (SSSR count). The zero-order chi connectivity index (χ0) is 14.7. The Kier molecular flexibility index (Phi) is 5.41. The zero-order valence-electron chi connectivity index (χ0n) is 10.3. The molecular weight excluding hydrogens is 366 g/mol. The summed E-state index contributed by atoms with van der Waals surface area (Å²) in [6.07, 6.45) is 0.371. The Morgan fingerprint density at radius 3 is 2.65 bits per heavy atom. The largest absolute Gasteiger partial charge is 0.271 e. The van der Waals surface area contributed by atoms with Crippen LogP contribution in [0.4, 0.5) is 4.39 Å². The molecule has 0 spiro atoms. The van der Waals surface area contributed by atoms with E-state index in [1.807, 2.05) is 6.07 Å². The molecule has 0 heterocycles. The fourth-order valence-electron chi connectivity index (χ4n) is 1.96. The second-order valence-corrected chi connectivity index (χ2v) is 6.00. The maximum absolute atomic E-state index is 13.9. The van der Waals surface area contributed by atoms with Crippen molar-refractivity contribution in [3.8, 4) is 0 Å². The lowest BCUT2D eigenvalue weighted by Crippen LogP contribution is -2.30. The smallest absolute Gasteiger partial charge is 0.127 e. The molecule has 0 aromatic heterocycles. The summed E-state index contributed by atoms with van der Waals surface area (Å²) in [7, 11) is 0. The average molecular weight is 378 g/mol. The monoisotopic (exact) mass is 376 g/mol. The van der Waals surface area contributed by atoms with E-state index in [0.717, 1.165) is 5.56 Å². The molecule has 0 amide bonds. The van der Waals surface area contributed by atoms with E-state index in [4.69, 9.17) is 29.0 Å². The fraction of sp³-hybridized carbons (Fsp3) is 0.143. The van der Waals surface area contributed by atoms with Crippen LogP contribution in [0.2, 0.25) is 10.0 Å². The summed E-state index contributed by atoms with van der Waals surface area (Å²) in [5, 5.41) is 0.871. The predicted octanol–water partition coefficient (Wildman–Crippen LogP) is 4.64.